The van der Waals surface area contributed by atoms with E-state index in [0.717, 1.165) is 56.1 Å². The quantitative estimate of drug-likeness (QED) is 0.884. The van der Waals surface area contributed by atoms with Gasteiger partial charge < -0.3 is 19.7 Å². The maximum atomic E-state index is 12.5. The summed E-state index contributed by atoms with van der Waals surface area (Å²) in [5, 5.41) is 3.52. The first-order valence-electron chi connectivity index (χ1n) is 9.73. The summed E-state index contributed by atoms with van der Waals surface area (Å²) in [6, 6.07) is 17.3. The number of para-hydroxylation sites is 2. The molecule has 1 saturated heterocycles. The summed E-state index contributed by atoms with van der Waals surface area (Å²) in [7, 11) is 0. The SMILES string of the molecule is O=C(c1ccccc1)N1CCC(CNCC2COc3ccccc3O2)CC1. The van der Waals surface area contributed by atoms with Gasteiger partial charge in [0.05, 0.1) is 0 Å². The van der Waals surface area contributed by atoms with Crippen LogP contribution in [-0.2, 0) is 0 Å². The van der Waals surface area contributed by atoms with Crippen molar-refractivity contribution in [3.05, 3.63) is 60.2 Å². The molecule has 1 N–H and O–H groups in total. The number of amides is 1. The van der Waals surface area contributed by atoms with Crippen LogP contribution >= 0.6 is 0 Å². The van der Waals surface area contributed by atoms with Crippen LogP contribution in [0.15, 0.2) is 54.6 Å². The van der Waals surface area contributed by atoms with Crippen molar-refractivity contribution in [1.82, 2.24) is 10.2 Å². The molecule has 1 unspecified atom stereocenters. The summed E-state index contributed by atoms with van der Waals surface area (Å²) in [4.78, 5) is 14.5. The topological polar surface area (TPSA) is 50.8 Å². The summed E-state index contributed by atoms with van der Waals surface area (Å²) in [5.74, 6) is 2.39. The van der Waals surface area contributed by atoms with Crippen LogP contribution in [0.2, 0.25) is 0 Å². The highest BCUT2D eigenvalue weighted by atomic mass is 16.6. The Balaban J connectivity index is 1.18. The first kappa shape index (κ1) is 17.9. The molecule has 0 aliphatic carbocycles. The number of likely N-dealkylation sites (tertiary alicyclic amines) is 1. The zero-order chi connectivity index (χ0) is 18.5. The predicted octanol–water partition coefficient (Wildman–Crippen LogP) is 2.97. The fourth-order valence-corrected chi connectivity index (χ4v) is 3.72. The Morgan fingerprint density at radius 2 is 1.67 bits per heavy atom. The highest BCUT2D eigenvalue weighted by molar-refractivity contribution is 5.94. The van der Waals surface area contributed by atoms with Gasteiger partial charge in [-0.25, -0.2) is 0 Å². The average Bonchev–Trinajstić information content (AvgIpc) is 2.74. The van der Waals surface area contributed by atoms with Crippen LogP contribution in [0.5, 0.6) is 11.5 Å². The predicted molar refractivity (Wildman–Crippen MR) is 104 cm³/mol. The lowest BCUT2D eigenvalue weighted by Gasteiger charge is -2.33. The maximum Gasteiger partial charge on any atom is 0.253 e. The van der Waals surface area contributed by atoms with Gasteiger partial charge in [0.25, 0.3) is 5.91 Å². The minimum Gasteiger partial charge on any atom is -0.486 e. The molecule has 5 heteroatoms. The molecular weight excluding hydrogens is 340 g/mol. The summed E-state index contributed by atoms with van der Waals surface area (Å²) in [5.41, 5.74) is 0.781. The van der Waals surface area contributed by atoms with Crippen molar-refractivity contribution in [2.75, 3.05) is 32.8 Å². The highest BCUT2D eigenvalue weighted by Gasteiger charge is 2.24. The molecule has 142 valence electrons. The number of ether oxygens (including phenoxy) is 2. The van der Waals surface area contributed by atoms with Crippen LogP contribution in [0.1, 0.15) is 23.2 Å². The first-order chi connectivity index (χ1) is 13.3. The van der Waals surface area contributed by atoms with Gasteiger partial charge >= 0.3 is 0 Å². The number of benzene rings is 2. The Morgan fingerprint density at radius 3 is 2.44 bits per heavy atom. The van der Waals surface area contributed by atoms with Crippen molar-refractivity contribution in [1.29, 1.82) is 0 Å². The third-order valence-corrected chi connectivity index (χ3v) is 5.30. The van der Waals surface area contributed by atoms with Crippen molar-refractivity contribution >= 4 is 5.91 Å². The number of piperidine rings is 1. The van der Waals surface area contributed by atoms with Crippen LogP contribution < -0.4 is 14.8 Å². The highest BCUT2D eigenvalue weighted by Crippen LogP contribution is 2.30. The lowest BCUT2D eigenvalue weighted by atomic mass is 9.96. The van der Waals surface area contributed by atoms with E-state index in [-0.39, 0.29) is 12.0 Å². The molecule has 1 atom stereocenters. The van der Waals surface area contributed by atoms with Gasteiger partial charge in [0.2, 0.25) is 0 Å². The van der Waals surface area contributed by atoms with E-state index < -0.39 is 0 Å². The van der Waals surface area contributed by atoms with Crippen LogP contribution in [0.4, 0.5) is 0 Å². The number of carbonyl (C=O) groups is 1. The summed E-state index contributed by atoms with van der Waals surface area (Å²) < 4.78 is 11.7. The van der Waals surface area contributed by atoms with Crippen molar-refractivity contribution in [2.45, 2.75) is 18.9 Å². The van der Waals surface area contributed by atoms with E-state index in [1.807, 2.05) is 59.5 Å². The van der Waals surface area contributed by atoms with E-state index in [2.05, 4.69) is 5.32 Å². The Hall–Kier alpha value is -2.53. The van der Waals surface area contributed by atoms with Gasteiger partial charge in [-0.15, -0.1) is 0 Å². The van der Waals surface area contributed by atoms with Crippen molar-refractivity contribution in [2.24, 2.45) is 5.92 Å². The maximum absolute atomic E-state index is 12.5. The van der Waals surface area contributed by atoms with Gasteiger partial charge in [-0.2, -0.15) is 0 Å². The molecule has 2 aromatic carbocycles. The van der Waals surface area contributed by atoms with Crippen molar-refractivity contribution in [3.8, 4) is 11.5 Å². The molecule has 2 heterocycles. The van der Waals surface area contributed by atoms with Crippen LogP contribution in [-0.4, -0.2) is 49.7 Å². The minimum atomic E-state index is 0.0413. The standard InChI is InChI=1S/C22H26N2O3/c25-22(18-6-2-1-3-7-18)24-12-10-17(11-13-24)14-23-15-19-16-26-20-8-4-5-9-21(20)27-19/h1-9,17,19,23H,10-16H2. The lowest BCUT2D eigenvalue weighted by molar-refractivity contribution is 0.0682. The largest absolute Gasteiger partial charge is 0.486 e. The van der Waals surface area contributed by atoms with Gasteiger partial charge in [-0.05, 0) is 49.6 Å². The Bertz CT molecular complexity index is 757. The van der Waals surface area contributed by atoms with Crippen LogP contribution in [0.3, 0.4) is 0 Å². The molecule has 0 bridgehead atoms. The lowest BCUT2D eigenvalue weighted by Crippen LogP contribution is -2.43. The zero-order valence-electron chi connectivity index (χ0n) is 15.5. The van der Waals surface area contributed by atoms with E-state index in [9.17, 15) is 4.79 Å². The molecule has 1 amide bonds. The molecule has 2 aromatic rings. The first-order valence-corrected chi connectivity index (χ1v) is 9.73. The van der Waals surface area contributed by atoms with E-state index in [1.54, 1.807) is 0 Å². The molecule has 0 radical (unpaired) electrons. The minimum absolute atomic E-state index is 0.0413. The number of carbonyl (C=O) groups excluding carboxylic acids is 1. The third-order valence-electron chi connectivity index (χ3n) is 5.30. The molecule has 2 aliphatic rings. The van der Waals surface area contributed by atoms with Gasteiger partial charge in [0.15, 0.2) is 11.5 Å². The molecule has 0 saturated carbocycles. The fraction of sp³-hybridized carbons (Fsp3) is 0.409. The Kier molecular flexibility index (Phi) is 5.58. The smallest absolute Gasteiger partial charge is 0.253 e. The second kappa shape index (κ2) is 8.44. The third kappa shape index (κ3) is 4.42. The van der Waals surface area contributed by atoms with E-state index in [4.69, 9.17) is 9.47 Å². The number of fused-ring (bicyclic) bond motifs is 1. The van der Waals surface area contributed by atoms with Gasteiger partial charge in [-0.3, -0.25) is 4.79 Å². The summed E-state index contributed by atoms with van der Waals surface area (Å²) >= 11 is 0. The number of rotatable bonds is 5. The number of nitrogens with zero attached hydrogens (tertiary/aromatic N) is 1. The molecule has 4 rings (SSSR count). The molecular formula is C22H26N2O3. The number of hydrogen-bond donors (Lipinski definition) is 1. The van der Waals surface area contributed by atoms with E-state index in [1.165, 1.54) is 0 Å². The molecule has 2 aliphatic heterocycles. The Morgan fingerprint density at radius 1 is 0.963 bits per heavy atom. The second-order valence-corrected chi connectivity index (χ2v) is 7.26. The van der Waals surface area contributed by atoms with Gasteiger partial charge in [-0.1, -0.05) is 30.3 Å². The molecule has 27 heavy (non-hydrogen) atoms. The average molecular weight is 366 g/mol. The van der Waals surface area contributed by atoms with Crippen LogP contribution in [0, 0.1) is 5.92 Å². The molecule has 5 nitrogen and oxygen atoms in total. The van der Waals surface area contributed by atoms with Crippen molar-refractivity contribution < 1.29 is 14.3 Å². The molecule has 0 aromatic heterocycles. The monoisotopic (exact) mass is 366 g/mol. The van der Waals surface area contributed by atoms with Crippen LogP contribution in [0.25, 0.3) is 0 Å². The normalized spacial score (nSPS) is 19.7. The van der Waals surface area contributed by atoms with Gasteiger partial charge in [0, 0.05) is 25.2 Å². The van der Waals surface area contributed by atoms with E-state index in [0.29, 0.717) is 12.5 Å². The van der Waals surface area contributed by atoms with Crippen molar-refractivity contribution in [3.63, 3.8) is 0 Å². The Labute approximate surface area is 160 Å². The second-order valence-electron chi connectivity index (χ2n) is 7.26. The van der Waals surface area contributed by atoms with E-state index >= 15 is 0 Å². The number of hydrogen-bond acceptors (Lipinski definition) is 4. The van der Waals surface area contributed by atoms with Gasteiger partial charge in [0.1, 0.15) is 12.7 Å². The molecule has 1 fully saturated rings. The summed E-state index contributed by atoms with van der Waals surface area (Å²) in [6.07, 6.45) is 2.12. The summed E-state index contributed by atoms with van der Waals surface area (Å²) in [6.45, 7) is 3.97. The zero-order valence-corrected chi connectivity index (χ0v) is 15.5. The molecule has 0 spiro atoms. The number of nitrogens with one attached hydrogen (secondary N) is 1. The fourth-order valence-electron chi connectivity index (χ4n) is 3.72.